The van der Waals surface area contributed by atoms with Crippen molar-refractivity contribution in [2.75, 3.05) is 17.7 Å². The van der Waals surface area contributed by atoms with Crippen molar-refractivity contribution in [3.05, 3.63) is 54.2 Å². The summed E-state index contributed by atoms with van der Waals surface area (Å²) < 4.78 is 0. The molecule has 2 aromatic carbocycles. The second-order valence-electron chi connectivity index (χ2n) is 4.39. The van der Waals surface area contributed by atoms with Crippen LogP contribution in [0.2, 0.25) is 0 Å². The number of carbonyl (C=O) groups excluding carboxylic acids is 1. The first-order valence-corrected chi connectivity index (χ1v) is 6.30. The first kappa shape index (κ1) is 12.2. The minimum absolute atomic E-state index is 0.156. The van der Waals surface area contributed by atoms with Crippen LogP contribution >= 0.6 is 0 Å². The quantitative estimate of drug-likeness (QED) is 0.682. The van der Waals surface area contributed by atoms with Crippen LogP contribution in [0.3, 0.4) is 0 Å². The van der Waals surface area contributed by atoms with Gasteiger partial charge in [0.1, 0.15) is 0 Å². The molecule has 0 aliphatic heterocycles. The van der Waals surface area contributed by atoms with Crippen LogP contribution in [0.15, 0.2) is 48.7 Å². The van der Waals surface area contributed by atoms with E-state index in [0.717, 1.165) is 22.3 Å². The molecular weight excluding hydrogens is 252 g/mol. The number of para-hydroxylation sites is 2. The molecule has 0 radical (unpaired) electrons. The molecule has 1 heterocycles. The van der Waals surface area contributed by atoms with E-state index in [1.165, 1.54) is 0 Å². The summed E-state index contributed by atoms with van der Waals surface area (Å²) in [5, 5.41) is 13.8. The van der Waals surface area contributed by atoms with Gasteiger partial charge in [0.15, 0.2) is 0 Å². The maximum atomic E-state index is 12.4. The third-order valence-electron chi connectivity index (χ3n) is 3.17. The van der Waals surface area contributed by atoms with Gasteiger partial charge in [-0.3, -0.25) is 9.89 Å². The number of carbonyl (C=O) groups is 1. The maximum Gasteiger partial charge on any atom is 0.257 e. The summed E-state index contributed by atoms with van der Waals surface area (Å²) >= 11 is 0. The van der Waals surface area contributed by atoms with Crippen molar-refractivity contribution in [1.82, 2.24) is 10.2 Å². The molecule has 0 aliphatic carbocycles. The second kappa shape index (κ2) is 5.05. The van der Waals surface area contributed by atoms with Crippen molar-refractivity contribution in [2.24, 2.45) is 0 Å². The Morgan fingerprint density at radius 2 is 1.90 bits per heavy atom. The number of H-pyrrole nitrogens is 1. The standard InChI is InChI=1S/C15H14N4O/c1-16-12-7-3-2-6-11(12)15(20)18-13-8-4-5-10-9-17-19-14(10)13/h2-9,16H,1H3,(H,17,19)(H,18,20). The van der Waals surface area contributed by atoms with Crippen LogP contribution < -0.4 is 10.6 Å². The van der Waals surface area contributed by atoms with Gasteiger partial charge in [0.25, 0.3) is 5.91 Å². The summed E-state index contributed by atoms with van der Waals surface area (Å²) in [6, 6.07) is 13.1. The van der Waals surface area contributed by atoms with Gasteiger partial charge in [-0.05, 0) is 18.2 Å². The van der Waals surface area contributed by atoms with Crippen molar-refractivity contribution in [1.29, 1.82) is 0 Å². The van der Waals surface area contributed by atoms with E-state index in [2.05, 4.69) is 20.8 Å². The third-order valence-corrected chi connectivity index (χ3v) is 3.17. The first-order chi connectivity index (χ1) is 9.79. The van der Waals surface area contributed by atoms with Crippen LogP contribution in [-0.4, -0.2) is 23.2 Å². The third kappa shape index (κ3) is 2.09. The zero-order valence-corrected chi connectivity index (χ0v) is 11.0. The van der Waals surface area contributed by atoms with Crippen molar-refractivity contribution in [3.8, 4) is 0 Å². The molecular formula is C15H14N4O. The molecule has 3 rings (SSSR count). The molecule has 0 atom stereocenters. The molecule has 5 nitrogen and oxygen atoms in total. The van der Waals surface area contributed by atoms with E-state index in [0.29, 0.717) is 5.56 Å². The number of anilines is 2. The average Bonchev–Trinajstić information content (AvgIpc) is 2.96. The smallest absolute Gasteiger partial charge is 0.257 e. The Labute approximate surface area is 116 Å². The fraction of sp³-hybridized carbons (Fsp3) is 0.0667. The van der Waals surface area contributed by atoms with E-state index >= 15 is 0 Å². The van der Waals surface area contributed by atoms with Gasteiger partial charge in [0.2, 0.25) is 0 Å². The van der Waals surface area contributed by atoms with Crippen molar-refractivity contribution >= 4 is 28.2 Å². The van der Waals surface area contributed by atoms with E-state index < -0.39 is 0 Å². The summed E-state index contributed by atoms with van der Waals surface area (Å²) in [5.41, 5.74) is 2.94. The Balaban J connectivity index is 1.95. The van der Waals surface area contributed by atoms with Crippen LogP contribution in [0.4, 0.5) is 11.4 Å². The predicted molar refractivity (Wildman–Crippen MR) is 80.0 cm³/mol. The Hall–Kier alpha value is -2.82. The molecule has 0 bridgehead atoms. The number of fused-ring (bicyclic) bond motifs is 1. The van der Waals surface area contributed by atoms with Gasteiger partial charge < -0.3 is 10.6 Å². The number of aromatic amines is 1. The number of amides is 1. The highest BCUT2D eigenvalue weighted by Gasteiger charge is 2.12. The fourth-order valence-electron chi connectivity index (χ4n) is 2.16. The molecule has 0 aliphatic rings. The molecule has 3 N–H and O–H groups in total. The highest BCUT2D eigenvalue weighted by atomic mass is 16.1. The lowest BCUT2D eigenvalue weighted by Crippen LogP contribution is -2.14. The molecule has 0 fully saturated rings. The van der Waals surface area contributed by atoms with E-state index in [1.54, 1.807) is 19.3 Å². The van der Waals surface area contributed by atoms with Crippen molar-refractivity contribution in [2.45, 2.75) is 0 Å². The Kier molecular flexibility index (Phi) is 3.09. The normalized spacial score (nSPS) is 10.4. The van der Waals surface area contributed by atoms with E-state index in [1.807, 2.05) is 36.4 Å². The van der Waals surface area contributed by atoms with Crippen LogP contribution in [0.25, 0.3) is 10.9 Å². The maximum absolute atomic E-state index is 12.4. The molecule has 3 aromatic rings. The van der Waals surface area contributed by atoms with Crippen LogP contribution in [0, 0.1) is 0 Å². The number of benzene rings is 2. The molecule has 20 heavy (non-hydrogen) atoms. The lowest BCUT2D eigenvalue weighted by molar-refractivity contribution is 0.102. The number of hydrogen-bond acceptors (Lipinski definition) is 3. The van der Waals surface area contributed by atoms with E-state index in [9.17, 15) is 4.79 Å². The van der Waals surface area contributed by atoms with Gasteiger partial charge in [0.05, 0.1) is 23.0 Å². The lowest BCUT2D eigenvalue weighted by Gasteiger charge is -2.10. The zero-order chi connectivity index (χ0) is 13.9. The van der Waals surface area contributed by atoms with E-state index in [4.69, 9.17) is 0 Å². The SMILES string of the molecule is CNc1ccccc1C(=O)Nc1cccc2cn[nH]c12. The average molecular weight is 266 g/mol. The molecule has 0 saturated carbocycles. The Bertz CT molecular complexity index is 763. The summed E-state index contributed by atoms with van der Waals surface area (Å²) in [7, 11) is 1.79. The minimum Gasteiger partial charge on any atom is -0.387 e. The van der Waals surface area contributed by atoms with Crippen molar-refractivity contribution < 1.29 is 4.79 Å². The minimum atomic E-state index is -0.156. The number of rotatable bonds is 3. The van der Waals surface area contributed by atoms with Gasteiger partial charge in [-0.2, -0.15) is 5.10 Å². The van der Waals surface area contributed by atoms with Gasteiger partial charge in [-0.15, -0.1) is 0 Å². The highest BCUT2D eigenvalue weighted by molar-refractivity contribution is 6.11. The van der Waals surface area contributed by atoms with Gasteiger partial charge in [-0.1, -0.05) is 24.3 Å². The predicted octanol–water partition coefficient (Wildman–Crippen LogP) is 2.86. The molecule has 5 heteroatoms. The number of hydrogen-bond donors (Lipinski definition) is 3. The zero-order valence-electron chi connectivity index (χ0n) is 11.0. The topological polar surface area (TPSA) is 69.8 Å². The largest absolute Gasteiger partial charge is 0.387 e. The van der Waals surface area contributed by atoms with Crippen LogP contribution in [0.1, 0.15) is 10.4 Å². The fourth-order valence-corrected chi connectivity index (χ4v) is 2.16. The number of nitrogens with one attached hydrogen (secondary N) is 3. The van der Waals surface area contributed by atoms with Crippen molar-refractivity contribution in [3.63, 3.8) is 0 Å². The highest BCUT2D eigenvalue weighted by Crippen LogP contribution is 2.22. The summed E-state index contributed by atoms with van der Waals surface area (Å²) in [6.45, 7) is 0. The van der Waals surface area contributed by atoms with Crippen LogP contribution in [-0.2, 0) is 0 Å². The summed E-state index contributed by atoms with van der Waals surface area (Å²) in [4.78, 5) is 12.4. The second-order valence-corrected chi connectivity index (χ2v) is 4.39. The first-order valence-electron chi connectivity index (χ1n) is 6.30. The monoisotopic (exact) mass is 266 g/mol. The molecule has 0 saturated heterocycles. The molecule has 1 aromatic heterocycles. The van der Waals surface area contributed by atoms with Gasteiger partial charge >= 0.3 is 0 Å². The van der Waals surface area contributed by atoms with E-state index in [-0.39, 0.29) is 5.91 Å². The lowest BCUT2D eigenvalue weighted by atomic mass is 10.1. The molecule has 0 unspecified atom stereocenters. The molecule has 0 spiro atoms. The number of aromatic nitrogens is 2. The molecule has 100 valence electrons. The Morgan fingerprint density at radius 3 is 2.75 bits per heavy atom. The summed E-state index contributed by atoms with van der Waals surface area (Å²) in [6.07, 6.45) is 1.73. The van der Waals surface area contributed by atoms with Gasteiger partial charge in [0, 0.05) is 18.1 Å². The van der Waals surface area contributed by atoms with Gasteiger partial charge in [-0.25, -0.2) is 0 Å². The number of nitrogens with zero attached hydrogens (tertiary/aromatic N) is 1. The summed E-state index contributed by atoms with van der Waals surface area (Å²) in [5.74, 6) is -0.156. The Morgan fingerprint density at radius 1 is 1.10 bits per heavy atom. The van der Waals surface area contributed by atoms with Crippen LogP contribution in [0.5, 0.6) is 0 Å². The molecule has 1 amide bonds.